The first-order chi connectivity index (χ1) is 10.4. The number of amides is 3. The number of rotatable bonds is 3. The fourth-order valence-electron chi connectivity index (χ4n) is 1.86. The van der Waals surface area contributed by atoms with E-state index in [2.05, 4.69) is 15.8 Å². The van der Waals surface area contributed by atoms with E-state index in [0.717, 1.165) is 11.8 Å². The smallest absolute Gasteiger partial charge is 0.251 e. The molecule has 1 aromatic rings. The van der Waals surface area contributed by atoms with E-state index in [1.807, 2.05) is 19.1 Å². The zero-order chi connectivity index (χ0) is 16.3. The molecule has 1 saturated heterocycles. The average Bonchev–Trinajstić information content (AvgIpc) is 2.44. The van der Waals surface area contributed by atoms with E-state index in [-0.39, 0.29) is 5.11 Å². The monoisotopic (exact) mass is 318 g/mol. The van der Waals surface area contributed by atoms with Crippen molar-refractivity contribution in [2.75, 3.05) is 4.90 Å². The number of benzene rings is 1. The quantitative estimate of drug-likeness (QED) is 0.367. The van der Waals surface area contributed by atoms with Gasteiger partial charge in [-0.2, -0.15) is 5.10 Å². The van der Waals surface area contributed by atoms with E-state index < -0.39 is 23.6 Å². The van der Waals surface area contributed by atoms with Gasteiger partial charge in [0.1, 0.15) is 0 Å². The molecule has 1 heterocycles. The number of hydrazone groups is 1. The molecule has 22 heavy (non-hydrogen) atoms. The SMILES string of the molecule is CC(=O)N/N=C/[C@@H]1C(=O)NC(=S)N(c2ccc(C)cc2)C1=O. The molecule has 1 aliphatic rings. The molecule has 114 valence electrons. The molecule has 7 nitrogen and oxygen atoms in total. The second kappa shape index (κ2) is 6.44. The molecular formula is C14H14N4O3S. The fraction of sp³-hybridized carbons (Fsp3) is 0.214. The molecule has 3 amide bonds. The van der Waals surface area contributed by atoms with E-state index in [9.17, 15) is 14.4 Å². The molecule has 0 saturated carbocycles. The number of aryl methyl sites for hydroxylation is 1. The van der Waals surface area contributed by atoms with Crippen LogP contribution in [0.25, 0.3) is 0 Å². The largest absolute Gasteiger partial charge is 0.301 e. The van der Waals surface area contributed by atoms with E-state index in [1.165, 1.54) is 11.8 Å². The molecule has 0 radical (unpaired) electrons. The lowest BCUT2D eigenvalue weighted by molar-refractivity contribution is -0.130. The molecule has 0 aromatic heterocycles. The summed E-state index contributed by atoms with van der Waals surface area (Å²) in [4.78, 5) is 36.4. The van der Waals surface area contributed by atoms with Crippen LogP contribution in [0.4, 0.5) is 5.69 Å². The Balaban J connectivity index is 2.27. The van der Waals surface area contributed by atoms with Crippen molar-refractivity contribution in [2.45, 2.75) is 13.8 Å². The van der Waals surface area contributed by atoms with Crippen LogP contribution in [0.3, 0.4) is 0 Å². The Morgan fingerprint density at radius 3 is 2.59 bits per heavy atom. The molecule has 0 aliphatic carbocycles. The molecule has 1 atom stereocenters. The maximum Gasteiger partial charge on any atom is 0.251 e. The van der Waals surface area contributed by atoms with Gasteiger partial charge in [-0.15, -0.1) is 0 Å². The molecule has 0 bridgehead atoms. The van der Waals surface area contributed by atoms with Gasteiger partial charge in [-0.25, -0.2) is 5.43 Å². The lowest BCUT2D eigenvalue weighted by Crippen LogP contribution is -2.58. The van der Waals surface area contributed by atoms with Crippen LogP contribution >= 0.6 is 12.2 Å². The molecule has 2 rings (SSSR count). The number of hydrogen-bond acceptors (Lipinski definition) is 5. The second-order valence-corrected chi connectivity index (χ2v) is 5.11. The van der Waals surface area contributed by atoms with Crippen LogP contribution in [0.5, 0.6) is 0 Å². The molecular weight excluding hydrogens is 304 g/mol. The van der Waals surface area contributed by atoms with Gasteiger partial charge in [0, 0.05) is 13.1 Å². The van der Waals surface area contributed by atoms with Gasteiger partial charge in [0.2, 0.25) is 11.8 Å². The first-order valence-corrected chi connectivity index (χ1v) is 6.86. The van der Waals surface area contributed by atoms with Gasteiger partial charge >= 0.3 is 0 Å². The van der Waals surface area contributed by atoms with Crippen LogP contribution in [0, 0.1) is 12.8 Å². The highest BCUT2D eigenvalue weighted by atomic mass is 32.1. The van der Waals surface area contributed by atoms with Crippen molar-refractivity contribution >= 4 is 47.0 Å². The minimum Gasteiger partial charge on any atom is -0.301 e. The molecule has 8 heteroatoms. The van der Waals surface area contributed by atoms with Crippen LogP contribution in [-0.2, 0) is 14.4 Å². The summed E-state index contributed by atoms with van der Waals surface area (Å²) in [7, 11) is 0. The van der Waals surface area contributed by atoms with Crippen molar-refractivity contribution in [3.63, 3.8) is 0 Å². The maximum absolute atomic E-state index is 12.5. The van der Waals surface area contributed by atoms with Gasteiger partial charge in [0.25, 0.3) is 5.91 Å². The molecule has 2 N–H and O–H groups in total. The van der Waals surface area contributed by atoms with Crippen molar-refractivity contribution in [2.24, 2.45) is 11.0 Å². The lowest BCUT2D eigenvalue weighted by atomic mass is 10.1. The summed E-state index contributed by atoms with van der Waals surface area (Å²) in [6.07, 6.45) is 1.09. The van der Waals surface area contributed by atoms with Crippen LogP contribution in [0.1, 0.15) is 12.5 Å². The number of nitrogens with one attached hydrogen (secondary N) is 2. The summed E-state index contributed by atoms with van der Waals surface area (Å²) < 4.78 is 0. The van der Waals surface area contributed by atoms with Crippen LogP contribution in [-0.4, -0.2) is 29.0 Å². The lowest BCUT2D eigenvalue weighted by Gasteiger charge is -2.30. The normalized spacial score (nSPS) is 18.5. The van der Waals surface area contributed by atoms with Gasteiger partial charge in [-0.3, -0.25) is 19.3 Å². The van der Waals surface area contributed by atoms with Crippen LogP contribution in [0.15, 0.2) is 29.4 Å². The van der Waals surface area contributed by atoms with E-state index in [4.69, 9.17) is 12.2 Å². The van der Waals surface area contributed by atoms with Gasteiger partial charge in [0.15, 0.2) is 11.0 Å². The maximum atomic E-state index is 12.5. The Hall–Kier alpha value is -2.61. The molecule has 1 fully saturated rings. The van der Waals surface area contributed by atoms with Crippen LogP contribution < -0.4 is 15.6 Å². The zero-order valence-electron chi connectivity index (χ0n) is 12.0. The number of thiocarbonyl (C=S) groups is 1. The predicted octanol–water partition coefficient (Wildman–Crippen LogP) is 0.481. The predicted molar refractivity (Wildman–Crippen MR) is 85.2 cm³/mol. The molecule has 1 aliphatic heterocycles. The minimum absolute atomic E-state index is 0.0167. The summed E-state index contributed by atoms with van der Waals surface area (Å²) in [6.45, 7) is 3.19. The fourth-order valence-corrected chi connectivity index (χ4v) is 2.16. The number of hydrogen-bond donors (Lipinski definition) is 2. The number of carbonyl (C=O) groups excluding carboxylic acids is 3. The van der Waals surface area contributed by atoms with Gasteiger partial charge < -0.3 is 5.32 Å². The summed E-state index contributed by atoms with van der Waals surface area (Å²) in [5, 5.41) is 6.06. The van der Waals surface area contributed by atoms with Crippen molar-refractivity contribution in [1.82, 2.24) is 10.7 Å². The topological polar surface area (TPSA) is 90.9 Å². The Bertz CT molecular complexity index is 669. The van der Waals surface area contributed by atoms with Crippen molar-refractivity contribution in [1.29, 1.82) is 0 Å². The standard InChI is InChI=1S/C14H14N4O3S/c1-8-3-5-10(6-4-8)18-13(21)11(7-15-17-9(2)19)12(20)16-14(18)22/h3-7,11H,1-2H3,(H,17,19)(H,16,20,22)/b15-7+/t11-/m1/s1. The highest BCUT2D eigenvalue weighted by molar-refractivity contribution is 7.80. The van der Waals surface area contributed by atoms with Crippen molar-refractivity contribution < 1.29 is 14.4 Å². The summed E-state index contributed by atoms with van der Waals surface area (Å²) in [5.41, 5.74) is 3.74. The minimum atomic E-state index is -1.15. The molecule has 0 spiro atoms. The molecule has 0 unspecified atom stereocenters. The number of carbonyl (C=O) groups is 3. The summed E-state index contributed by atoms with van der Waals surface area (Å²) >= 11 is 5.06. The Labute approximate surface area is 132 Å². The average molecular weight is 318 g/mol. The number of nitrogens with zero attached hydrogens (tertiary/aromatic N) is 2. The van der Waals surface area contributed by atoms with E-state index >= 15 is 0 Å². The Kier molecular flexibility index (Phi) is 4.62. The van der Waals surface area contributed by atoms with Gasteiger partial charge in [-0.05, 0) is 31.3 Å². The summed E-state index contributed by atoms with van der Waals surface area (Å²) in [6, 6.07) is 7.14. The third kappa shape index (κ3) is 3.34. The third-order valence-electron chi connectivity index (χ3n) is 2.94. The first-order valence-electron chi connectivity index (χ1n) is 6.45. The third-order valence-corrected chi connectivity index (χ3v) is 3.22. The van der Waals surface area contributed by atoms with Crippen molar-refractivity contribution in [3.8, 4) is 0 Å². The second-order valence-electron chi connectivity index (χ2n) is 4.73. The first kappa shape index (κ1) is 15.8. The van der Waals surface area contributed by atoms with E-state index in [0.29, 0.717) is 5.69 Å². The highest BCUT2D eigenvalue weighted by Crippen LogP contribution is 2.20. The van der Waals surface area contributed by atoms with Gasteiger partial charge in [0.05, 0.1) is 5.69 Å². The highest BCUT2D eigenvalue weighted by Gasteiger charge is 2.38. The van der Waals surface area contributed by atoms with Gasteiger partial charge in [-0.1, -0.05) is 17.7 Å². The summed E-state index contributed by atoms with van der Waals surface area (Å²) in [5.74, 6) is -2.65. The Morgan fingerprint density at radius 1 is 1.36 bits per heavy atom. The van der Waals surface area contributed by atoms with Crippen molar-refractivity contribution in [3.05, 3.63) is 29.8 Å². The number of anilines is 1. The van der Waals surface area contributed by atoms with Crippen LogP contribution in [0.2, 0.25) is 0 Å². The zero-order valence-corrected chi connectivity index (χ0v) is 12.8. The molecule has 1 aromatic carbocycles. The van der Waals surface area contributed by atoms with E-state index in [1.54, 1.807) is 12.1 Å². The Morgan fingerprint density at radius 2 is 2.00 bits per heavy atom.